The lowest BCUT2D eigenvalue weighted by molar-refractivity contribution is 0.0942. The maximum Gasteiger partial charge on any atom is 0.257 e. The average molecular weight is 264 g/mol. The van der Waals surface area contributed by atoms with Gasteiger partial charge in [-0.25, -0.2) is 0 Å². The van der Waals surface area contributed by atoms with E-state index >= 15 is 0 Å². The van der Waals surface area contributed by atoms with E-state index in [9.17, 15) is 4.79 Å². The van der Waals surface area contributed by atoms with Crippen molar-refractivity contribution in [3.8, 4) is 5.75 Å². The number of nitrogen functional groups attached to an aromatic ring is 1. The van der Waals surface area contributed by atoms with Crippen molar-refractivity contribution in [2.45, 2.75) is 13.3 Å². The molecule has 0 aromatic heterocycles. The first-order valence-electron chi connectivity index (χ1n) is 6.59. The summed E-state index contributed by atoms with van der Waals surface area (Å²) in [5.41, 5.74) is 6.73. The second kappa shape index (κ2) is 6.43. The molecule has 1 aromatic carbocycles. The standard InChI is InChI=1S/C14H20N2O3/c1-2-19-12-5-3-4-11(15)13(12)14(17)16-8-10-6-7-18-9-10/h3-5,10H,2,6-9,15H2,1H3,(H,16,17). The molecule has 0 spiro atoms. The highest BCUT2D eigenvalue weighted by Gasteiger charge is 2.19. The number of benzene rings is 1. The van der Waals surface area contributed by atoms with Crippen molar-refractivity contribution in [2.24, 2.45) is 5.92 Å². The quantitative estimate of drug-likeness (QED) is 0.789. The SMILES string of the molecule is CCOc1cccc(N)c1C(=O)NCC1CCOC1. The second-order valence-electron chi connectivity index (χ2n) is 4.59. The number of hydrogen-bond donors (Lipinski definition) is 2. The third-order valence-electron chi connectivity index (χ3n) is 3.16. The minimum atomic E-state index is -0.187. The van der Waals surface area contributed by atoms with Gasteiger partial charge in [0.15, 0.2) is 0 Å². The van der Waals surface area contributed by atoms with Gasteiger partial charge in [0.2, 0.25) is 0 Å². The summed E-state index contributed by atoms with van der Waals surface area (Å²) < 4.78 is 10.7. The van der Waals surface area contributed by atoms with Gasteiger partial charge in [0.1, 0.15) is 11.3 Å². The molecule has 0 radical (unpaired) electrons. The van der Waals surface area contributed by atoms with E-state index in [2.05, 4.69) is 5.32 Å². The fourth-order valence-corrected chi connectivity index (χ4v) is 2.14. The zero-order valence-electron chi connectivity index (χ0n) is 11.1. The number of ether oxygens (including phenoxy) is 2. The maximum absolute atomic E-state index is 12.2. The first-order chi connectivity index (χ1) is 9.22. The van der Waals surface area contributed by atoms with Crippen LogP contribution in [0.15, 0.2) is 18.2 Å². The van der Waals surface area contributed by atoms with E-state index in [0.29, 0.717) is 42.7 Å². The smallest absolute Gasteiger partial charge is 0.257 e. The maximum atomic E-state index is 12.2. The van der Waals surface area contributed by atoms with Crippen LogP contribution < -0.4 is 15.8 Å². The monoisotopic (exact) mass is 264 g/mol. The van der Waals surface area contributed by atoms with Gasteiger partial charge < -0.3 is 20.5 Å². The van der Waals surface area contributed by atoms with Crippen LogP contribution >= 0.6 is 0 Å². The molecule has 1 saturated heterocycles. The van der Waals surface area contributed by atoms with Crippen LogP contribution in [-0.2, 0) is 4.74 Å². The molecule has 1 atom stereocenters. The molecule has 1 heterocycles. The van der Waals surface area contributed by atoms with Crippen molar-refractivity contribution >= 4 is 11.6 Å². The highest BCUT2D eigenvalue weighted by atomic mass is 16.5. The van der Waals surface area contributed by atoms with Crippen LogP contribution in [0.4, 0.5) is 5.69 Å². The Morgan fingerprint density at radius 3 is 3.11 bits per heavy atom. The van der Waals surface area contributed by atoms with Gasteiger partial charge in [-0.2, -0.15) is 0 Å². The van der Waals surface area contributed by atoms with E-state index in [-0.39, 0.29) is 5.91 Å². The number of carbonyl (C=O) groups is 1. The van der Waals surface area contributed by atoms with Crippen LogP contribution in [0.5, 0.6) is 5.75 Å². The topological polar surface area (TPSA) is 73.6 Å². The molecule has 1 aromatic rings. The third-order valence-corrected chi connectivity index (χ3v) is 3.16. The van der Waals surface area contributed by atoms with Gasteiger partial charge in [-0.3, -0.25) is 4.79 Å². The van der Waals surface area contributed by atoms with Gasteiger partial charge in [0.25, 0.3) is 5.91 Å². The first-order valence-corrected chi connectivity index (χ1v) is 6.59. The molecule has 104 valence electrons. The number of carbonyl (C=O) groups excluding carboxylic acids is 1. The molecule has 19 heavy (non-hydrogen) atoms. The summed E-state index contributed by atoms with van der Waals surface area (Å²) in [4.78, 5) is 12.2. The number of hydrogen-bond acceptors (Lipinski definition) is 4. The number of nitrogens with two attached hydrogens (primary N) is 1. The minimum absolute atomic E-state index is 0.187. The van der Waals surface area contributed by atoms with Gasteiger partial charge in [0.05, 0.1) is 13.2 Å². The lowest BCUT2D eigenvalue weighted by atomic mass is 10.1. The molecule has 1 aliphatic rings. The average Bonchev–Trinajstić information content (AvgIpc) is 2.90. The number of rotatable bonds is 5. The second-order valence-corrected chi connectivity index (χ2v) is 4.59. The van der Waals surface area contributed by atoms with Gasteiger partial charge in [-0.1, -0.05) is 6.07 Å². The molecule has 3 N–H and O–H groups in total. The minimum Gasteiger partial charge on any atom is -0.493 e. The van der Waals surface area contributed by atoms with E-state index in [0.717, 1.165) is 13.0 Å². The van der Waals surface area contributed by atoms with Crippen molar-refractivity contribution in [1.29, 1.82) is 0 Å². The Hall–Kier alpha value is -1.75. The lowest BCUT2D eigenvalue weighted by Gasteiger charge is -2.14. The molecule has 5 heteroatoms. The molecule has 1 aliphatic heterocycles. The van der Waals surface area contributed by atoms with E-state index in [1.807, 2.05) is 6.92 Å². The molecule has 1 unspecified atom stereocenters. The molecule has 0 bridgehead atoms. The number of nitrogens with one attached hydrogen (secondary N) is 1. The van der Waals surface area contributed by atoms with Gasteiger partial charge >= 0.3 is 0 Å². The van der Waals surface area contributed by atoms with Gasteiger partial charge in [-0.15, -0.1) is 0 Å². The molecule has 2 rings (SSSR count). The van der Waals surface area contributed by atoms with Crippen molar-refractivity contribution < 1.29 is 14.3 Å². The summed E-state index contributed by atoms with van der Waals surface area (Å²) in [6, 6.07) is 5.24. The van der Waals surface area contributed by atoms with E-state index in [1.165, 1.54) is 0 Å². The Labute approximate surface area is 113 Å². The summed E-state index contributed by atoms with van der Waals surface area (Å²) in [5.74, 6) is 0.737. The van der Waals surface area contributed by atoms with E-state index in [4.69, 9.17) is 15.2 Å². The summed E-state index contributed by atoms with van der Waals surface area (Å²) in [6.45, 7) is 4.47. The summed E-state index contributed by atoms with van der Waals surface area (Å²) in [7, 11) is 0. The predicted octanol–water partition coefficient (Wildman–Crippen LogP) is 1.43. The highest BCUT2D eigenvalue weighted by molar-refractivity contribution is 6.01. The zero-order chi connectivity index (χ0) is 13.7. The fourth-order valence-electron chi connectivity index (χ4n) is 2.14. The molecular formula is C14H20N2O3. The molecule has 1 fully saturated rings. The molecule has 0 aliphatic carbocycles. The fraction of sp³-hybridized carbons (Fsp3) is 0.500. The van der Waals surface area contributed by atoms with Crippen LogP contribution in [0.2, 0.25) is 0 Å². The van der Waals surface area contributed by atoms with Crippen molar-refractivity contribution in [1.82, 2.24) is 5.32 Å². The Morgan fingerprint density at radius 1 is 1.58 bits per heavy atom. The zero-order valence-corrected chi connectivity index (χ0v) is 11.1. The van der Waals surface area contributed by atoms with Crippen LogP contribution in [0, 0.1) is 5.92 Å². The van der Waals surface area contributed by atoms with Crippen LogP contribution in [0.25, 0.3) is 0 Å². The molecule has 0 saturated carbocycles. The predicted molar refractivity (Wildman–Crippen MR) is 73.3 cm³/mol. The number of anilines is 1. The Morgan fingerprint density at radius 2 is 2.42 bits per heavy atom. The molecule has 1 amide bonds. The normalized spacial score (nSPS) is 18.3. The van der Waals surface area contributed by atoms with Gasteiger partial charge in [-0.05, 0) is 25.5 Å². The van der Waals surface area contributed by atoms with Crippen molar-refractivity contribution in [3.63, 3.8) is 0 Å². The van der Waals surface area contributed by atoms with Crippen molar-refractivity contribution in [2.75, 3.05) is 32.1 Å². The summed E-state index contributed by atoms with van der Waals surface area (Å²) in [6.07, 6.45) is 0.989. The Bertz CT molecular complexity index is 442. The summed E-state index contributed by atoms with van der Waals surface area (Å²) >= 11 is 0. The Kier molecular flexibility index (Phi) is 4.63. The lowest BCUT2D eigenvalue weighted by Crippen LogP contribution is -2.30. The van der Waals surface area contributed by atoms with E-state index in [1.54, 1.807) is 18.2 Å². The highest BCUT2D eigenvalue weighted by Crippen LogP contribution is 2.24. The first kappa shape index (κ1) is 13.7. The van der Waals surface area contributed by atoms with Crippen LogP contribution in [0.3, 0.4) is 0 Å². The van der Waals surface area contributed by atoms with Crippen LogP contribution in [-0.4, -0.2) is 32.3 Å². The number of amides is 1. The van der Waals surface area contributed by atoms with E-state index < -0.39 is 0 Å². The van der Waals surface area contributed by atoms with Crippen molar-refractivity contribution in [3.05, 3.63) is 23.8 Å². The molecular weight excluding hydrogens is 244 g/mol. The van der Waals surface area contributed by atoms with Crippen LogP contribution in [0.1, 0.15) is 23.7 Å². The molecule has 5 nitrogen and oxygen atoms in total. The summed E-state index contributed by atoms with van der Waals surface area (Å²) in [5, 5.41) is 2.90. The van der Waals surface area contributed by atoms with Gasteiger partial charge in [0, 0.05) is 24.8 Å². The third kappa shape index (κ3) is 3.38. The largest absolute Gasteiger partial charge is 0.493 e. The Balaban J connectivity index is 2.04.